The van der Waals surface area contributed by atoms with Gasteiger partial charge in [0.2, 0.25) is 0 Å². The molecule has 0 aromatic heterocycles. The van der Waals surface area contributed by atoms with Gasteiger partial charge in [0.1, 0.15) is 17.3 Å². The Morgan fingerprint density at radius 3 is 2.17 bits per heavy atom. The van der Waals surface area contributed by atoms with Crippen LogP contribution in [0.4, 0.5) is 0 Å². The lowest BCUT2D eigenvalue weighted by atomic mass is 10.1. The molecule has 64 valence electrons. The second-order valence-electron chi connectivity index (χ2n) is 2.74. The SMILES string of the molecule is CC(=O)Cc1cc(O)cc(O)c1. The third-order valence-electron chi connectivity index (χ3n) is 1.42. The van der Waals surface area contributed by atoms with Gasteiger partial charge in [-0.2, -0.15) is 0 Å². The van der Waals surface area contributed by atoms with E-state index in [9.17, 15) is 4.79 Å². The molecule has 1 rings (SSSR count). The van der Waals surface area contributed by atoms with Crippen LogP contribution < -0.4 is 0 Å². The Bertz CT molecular complexity index is 284. The highest BCUT2D eigenvalue weighted by Gasteiger charge is 2.01. The second kappa shape index (κ2) is 3.26. The van der Waals surface area contributed by atoms with Crippen molar-refractivity contribution in [3.63, 3.8) is 0 Å². The highest BCUT2D eigenvalue weighted by molar-refractivity contribution is 5.78. The summed E-state index contributed by atoms with van der Waals surface area (Å²) in [6.45, 7) is 1.46. The number of carbonyl (C=O) groups is 1. The lowest BCUT2D eigenvalue weighted by molar-refractivity contribution is -0.116. The zero-order valence-electron chi connectivity index (χ0n) is 6.74. The molecule has 0 aliphatic heterocycles. The predicted molar refractivity (Wildman–Crippen MR) is 44.2 cm³/mol. The number of phenolic OH excluding ortho intramolecular Hbond substituents is 2. The van der Waals surface area contributed by atoms with Gasteiger partial charge in [-0.25, -0.2) is 0 Å². The largest absolute Gasteiger partial charge is 0.508 e. The van der Waals surface area contributed by atoms with Crippen LogP contribution >= 0.6 is 0 Å². The molecule has 0 bridgehead atoms. The molecule has 12 heavy (non-hydrogen) atoms. The molecule has 0 atom stereocenters. The minimum atomic E-state index is -0.0220. The molecule has 0 unspecified atom stereocenters. The van der Waals surface area contributed by atoms with E-state index in [1.54, 1.807) is 0 Å². The third-order valence-corrected chi connectivity index (χ3v) is 1.42. The number of hydrogen-bond donors (Lipinski definition) is 2. The van der Waals surface area contributed by atoms with E-state index in [1.807, 2.05) is 0 Å². The maximum atomic E-state index is 10.7. The molecular formula is C9H10O3. The van der Waals surface area contributed by atoms with Crippen LogP contribution in [0.5, 0.6) is 11.5 Å². The molecule has 0 amide bonds. The molecule has 0 aliphatic rings. The normalized spacial score (nSPS) is 9.75. The summed E-state index contributed by atoms with van der Waals surface area (Å²) in [4.78, 5) is 10.7. The molecule has 0 heterocycles. The van der Waals surface area contributed by atoms with Gasteiger partial charge in [-0.1, -0.05) is 0 Å². The lowest BCUT2D eigenvalue weighted by Gasteiger charge is -2.00. The van der Waals surface area contributed by atoms with Crippen molar-refractivity contribution in [3.05, 3.63) is 23.8 Å². The fourth-order valence-corrected chi connectivity index (χ4v) is 1.05. The first-order valence-electron chi connectivity index (χ1n) is 3.59. The van der Waals surface area contributed by atoms with Gasteiger partial charge in [-0.15, -0.1) is 0 Å². The molecule has 0 radical (unpaired) electrons. The highest BCUT2D eigenvalue weighted by Crippen LogP contribution is 2.20. The Morgan fingerprint density at radius 2 is 1.75 bits per heavy atom. The molecule has 3 heteroatoms. The van der Waals surface area contributed by atoms with Crippen molar-refractivity contribution in [2.75, 3.05) is 0 Å². The summed E-state index contributed by atoms with van der Waals surface area (Å²) in [5, 5.41) is 18.1. The third kappa shape index (κ3) is 2.27. The Morgan fingerprint density at radius 1 is 1.25 bits per heavy atom. The maximum Gasteiger partial charge on any atom is 0.134 e. The topological polar surface area (TPSA) is 57.5 Å². The van der Waals surface area contributed by atoms with Crippen LogP contribution in [-0.2, 0) is 11.2 Å². The van der Waals surface area contributed by atoms with Gasteiger partial charge >= 0.3 is 0 Å². The number of benzene rings is 1. The van der Waals surface area contributed by atoms with Crippen molar-refractivity contribution in [1.82, 2.24) is 0 Å². The molecule has 2 N–H and O–H groups in total. The summed E-state index contributed by atoms with van der Waals surface area (Å²) >= 11 is 0. The van der Waals surface area contributed by atoms with Gasteiger partial charge in [0.25, 0.3) is 0 Å². The summed E-state index contributed by atoms with van der Waals surface area (Å²) < 4.78 is 0. The van der Waals surface area contributed by atoms with Gasteiger partial charge in [-0.05, 0) is 24.6 Å². The highest BCUT2D eigenvalue weighted by atomic mass is 16.3. The summed E-state index contributed by atoms with van der Waals surface area (Å²) in [6, 6.07) is 4.14. The molecule has 1 aromatic rings. The molecule has 3 nitrogen and oxygen atoms in total. The lowest BCUT2D eigenvalue weighted by Crippen LogP contribution is -1.95. The van der Waals surface area contributed by atoms with E-state index in [2.05, 4.69) is 0 Å². The number of hydrogen-bond acceptors (Lipinski definition) is 3. The average Bonchev–Trinajstić information content (AvgIpc) is 1.81. The number of phenols is 2. The number of aromatic hydroxyl groups is 2. The molecular weight excluding hydrogens is 156 g/mol. The van der Waals surface area contributed by atoms with Crippen LogP contribution in [0.2, 0.25) is 0 Å². The van der Waals surface area contributed by atoms with Gasteiger partial charge in [0.05, 0.1) is 0 Å². The molecule has 0 fully saturated rings. The van der Waals surface area contributed by atoms with E-state index in [4.69, 9.17) is 10.2 Å². The van der Waals surface area contributed by atoms with Gasteiger partial charge < -0.3 is 10.2 Å². The second-order valence-corrected chi connectivity index (χ2v) is 2.74. The quantitative estimate of drug-likeness (QED) is 0.694. The average molecular weight is 166 g/mol. The summed E-state index contributed by atoms with van der Waals surface area (Å²) in [5.41, 5.74) is 0.625. The number of carbonyl (C=O) groups excluding carboxylic acids is 1. The zero-order chi connectivity index (χ0) is 9.14. The first-order chi connectivity index (χ1) is 5.58. The first kappa shape index (κ1) is 8.59. The molecule has 1 aromatic carbocycles. The number of Topliss-reactive ketones (excluding diaryl/α,β-unsaturated/α-hetero) is 1. The monoisotopic (exact) mass is 166 g/mol. The van der Waals surface area contributed by atoms with Crippen LogP contribution in [-0.4, -0.2) is 16.0 Å². The van der Waals surface area contributed by atoms with E-state index in [1.165, 1.54) is 25.1 Å². The van der Waals surface area contributed by atoms with Crippen molar-refractivity contribution in [2.45, 2.75) is 13.3 Å². The number of rotatable bonds is 2. The van der Waals surface area contributed by atoms with Crippen molar-refractivity contribution in [1.29, 1.82) is 0 Å². The van der Waals surface area contributed by atoms with Crippen molar-refractivity contribution < 1.29 is 15.0 Å². The molecule has 0 aliphatic carbocycles. The Kier molecular flexibility index (Phi) is 2.33. The summed E-state index contributed by atoms with van der Waals surface area (Å²) in [6.07, 6.45) is 0.238. The standard InChI is InChI=1S/C9H10O3/c1-6(10)2-7-3-8(11)5-9(12)4-7/h3-5,11-12H,2H2,1H3. The maximum absolute atomic E-state index is 10.7. The van der Waals surface area contributed by atoms with Gasteiger partial charge in [0, 0.05) is 12.5 Å². The molecule has 0 spiro atoms. The number of ketones is 1. The van der Waals surface area contributed by atoms with Gasteiger partial charge in [-0.3, -0.25) is 4.79 Å². The Balaban J connectivity index is 2.93. The minimum absolute atomic E-state index is 0.000000000000000222. The smallest absolute Gasteiger partial charge is 0.134 e. The van der Waals surface area contributed by atoms with Crippen LogP contribution in [0.25, 0.3) is 0 Å². The van der Waals surface area contributed by atoms with E-state index < -0.39 is 0 Å². The van der Waals surface area contributed by atoms with Crippen LogP contribution in [0, 0.1) is 0 Å². The predicted octanol–water partition coefficient (Wildman–Crippen LogP) is 1.23. The molecule has 0 saturated heterocycles. The van der Waals surface area contributed by atoms with Crippen molar-refractivity contribution in [3.8, 4) is 11.5 Å². The fraction of sp³-hybridized carbons (Fsp3) is 0.222. The molecule has 0 saturated carbocycles. The van der Waals surface area contributed by atoms with E-state index in [0.29, 0.717) is 5.56 Å². The van der Waals surface area contributed by atoms with Crippen LogP contribution in [0.1, 0.15) is 12.5 Å². The summed E-state index contributed by atoms with van der Waals surface area (Å²) in [5.74, 6) is -0.0440. The van der Waals surface area contributed by atoms with E-state index in [0.717, 1.165) is 0 Å². The Labute approximate surface area is 70.3 Å². The first-order valence-corrected chi connectivity index (χ1v) is 3.59. The fourth-order valence-electron chi connectivity index (χ4n) is 1.05. The van der Waals surface area contributed by atoms with E-state index >= 15 is 0 Å². The van der Waals surface area contributed by atoms with E-state index in [-0.39, 0.29) is 23.7 Å². The van der Waals surface area contributed by atoms with Crippen LogP contribution in [0.3, 0.4) is 0 Å². The Hall–Kier alpha value is -1.51. The van der Waals surface area contributed by atoms with Crippen molar-refractivity contribution in [2.24, 2.45) is 0 Å². The zero-order valence-corrected chi connectivity index (χ0v) is 6.74. The minimum Gasteiger partial charge on any atom is -0.508 e. The van der Waals surface area contributed by atoms with Crippen molar-refractivity contribution >= 4 is 5.78 Å². The van der Waals surface area contributed by atoms with Gasteiger partial charge in [0.15, 0.2) is 0 Å². The summed E-state index contributed by atoms with van der Waals surface area (Å²) in [7, 11) is 0. The van der Waals surface area contributed by atoms with Crippen LogP contribution in [0.15, 0.2) is 18.2 Å².